The van der Waals surface area contributed by atoms with Crippen molar-refractivity contribution in [3.8, 4) is 0 Å². The third-order valence-electron chi connectivity index (χ3n) is 4.44. The van der Waals surface area contributed by atoms with Gasteiger partial charge in [-0.1, -0.05) is 12.5 Å². The molecular weight excluding hydrogens is 250 g/mol. The molecule has 1 aliphatic carbocycles. The van der Waals surface area contributed by atoms with Crippen molar-refractivity contribution in [2.45, 2.75) is 44.7 Å². The van der Waals surface area contributed by atoms with Crippen LogP contribution in [0.15, 0.2) is 24.4 Å². The van der Waals surface area contributed by atoms with Crippen LogP contribution in [0.4, 0.5) is 0 Å². The van der Waals surface area contributed by atoms with Crippen LogP contribution in [0, 0.1) is 5.92 Å². The molecule has 0 bridgehead atoms. The summed E-state index contributed by atoms with van der Waals surface area (Å²) in [6.07, 6.45) is 7.48. The zero-order valence-corrected chi connectivity index (χ0v) is 11.9. The number of aromatic nitrogens is 1. The fourth-order valence-electron chi connectivity index (χ4n) is 3.03. The first-order valence-corrected chi connectivity index (χ1v) is 7.74. The van der Waals surface area contributed by atoms with Gasteiger partial charge in [-0.2, -0.15) is 0 Å². The Morgan fingerprint density at radius 3 is 2.90 bits per heavy atom. The minimum atomic E-state index is 0.279. The molecule has 1 saturated heterocycles. The number of piperidine rings is 1. The van der Waals surface area contributed by atoms with Gasteiger partial charge in [-0.15, -0.1) is 0 Å². The highest BCUT2D eigenvalue weighted by atomic mass is 16.2. The Balaban J connectivity index is 1.49. The second-order valence-corrected chi connectivity index (χ2v) is 6.03. The van der Waals surface area contributed by atoms with E-state index >= 15 is 0 Å². The molecule has 1 aliphatic heterocycles. The molecule has 1 amide bonds. The third-order valence-corrected chi connectivity index (χ3v) is 4.44. The van der Waals surface area contributed by atoms with Gasteiger partial charge in [0, 0.05) is 31.2 Å². The molecule has 2 aliphatic rings. The fourth-order valence-corrected chi connectivity index (χ4v) is 3.03. The van der Waals surface area contributed by atoms with Crippen molar-refractivity contribution in [2.75, 3.05) is 13.1 Å². The Labute approximate surface area is 120 Å². The predicted molar refractivity (Wildman–Crippen MR) is 78.0 cm³/mol. The van der Waals surface area contributed by atoms with Crippen molar-refractivity contribution >= 4 is 5.91 Å². The number of amides is 1. The van der Waals surface area contributed by atoms with Crippen LogP contribution >= 0.6 is 0 Å². The van der Waals surface area contributed by atoms with E-state index in [1.165, 1.54) is 6.42 Å². The van der Waals surface area contributed by atoms with E-state index in [9.17, 15) is 4.79 Å². The Morgan fingerprint density at radius 2 is 2.20 bits per heavy atom. The summed E-state index contributed by atoms with van der Waals surface area (Å²) >= 11 is 0. The van der Waals surface area contributed by atoms with E-state index in [-0.39, 0.29) is 5.91 Å². The molecule has 0 aromatic carbocycles. The van der Waals surface area contributed by atoms with Gasteiger partial charge in [0.1, 0.15) is 0 Å². The van der Waals surface area contributed by atoms with Gasteiger partial charge in [0.2, 0.25) is 5.91 Å². The van der Waals surface area contributed by atoms with E-state index in [0.717, 1.165) is 51.0 Å². The van der Waals surface area contributed by atoms with Gasteiger partial charge in [-0.3, -0.25) is 14.7 Å². The minimum absolute atomic E-state index is 0.279. The van der Waals surface area contributed by atoms with Gasteiger partial charge >= 0.3 is 0 Å². The van der Waals surface area contributed by atoms with Crippen molar-refractivity contribution in [3.05, 3.63) is 30.1 Å². The molecule has 2 heterocycles. The highest BCUT2D eigenvalue weighted by molar-refractivity contribution is 5.79. The second kappa shape index (κ2) is 6.35. The van der Waals surface area contributed by atoms with Crippen LogP contribution in [0.5, 0.6) is 0 Å². The summed E-state index contributed by atoms with van der Waals surface area (Å²) in [4.78, 5) is 18.8. The van der Waals surface area contributed by atoms with Gasteiger partial charge in [-0.25, -0.2) is 0 Å². The van der Waals surface area contributed by atoms with Crippen LogP contribution in [0.1, 0.15) is 37.8 Å². The molecule has 20 heavy (non-hydrogen) atoms. The SMILES string of the molecule is O=C(NC1CCCN(Cc2ccccn2)C1)C1CCC1. The number of carbonyl (C=O) groups is 1. The number of hydrogen-bond donors (Lipinski definition) is 1. The first-order chi connectivity index (χ1) is 9.81. The highest BCUT2D eigenvalue weighted by Gasteiger charge is 2.28. The molecule has 1 atom stereocenters. The summed E-state index contributed by atoms with van der Waals surface area (Å²) in [5.41, 5.74) is 1.11. The maximum Gasteiger partial charge on any atom is 0.223 e. The van der Waals surface area contributed by atoms with Crippen molar-refractivity contribution in [1.29, 1.82) is 0 Å². The lowest BCUT2D eigenvalue weighted by atomic mass is 9.84. The molecule has 1 unspecified atom stereocenters. The van der Waals surface area contributed by atoms with Crippen LogP contribution in [0.25, 0.3) is 0 Å². The highest BCUT2D eigenvalue weighted by Crippen LogP contribution is 2.26. The van der Waals surface area contributed by atoms with Crippen molar-refractivity contribution in [2.24, 2.45) is 5.92 Å². The summed E-state index contributed by atoms with van der Waals surface area (Å²) in [5, 5.41) is 3.24. The predicted octanol–water partition coefficient (Wildman–Crippen LogP) is 1.96. The molecule has 3 rings (SSSR count). The molecule has 1 N–H and O–H groups in total. The maximum absolute atomic E-state index is 12.0. The molecule has 0 radical (unpaired) electrons. The molecule has 0 spiro atoms. The third kappa shape index (κ3) is 3.37. The first-order valence-electron chi connectivity index (χ1n) is 7.74. The van der Waals surface area contributed by atoms with E-state index in [1.54, 1.807) is 0 Å². The minimum Gasteiger partial charge on any atom is -0.352 e. The zero-order chi connectivity index (χ0) is 13.8. The number of nitrogens with one attached hydrogen (secondary N) is 1. The van der Waals surface area contributed by atoms with Crippen LogP contribution in [0.2, 0.25) is 0 Å². The van der Waals surface area contributed by atoms with Crippen molar-refractivity contribution in [3.63, 3.8) is 0 Å². The first kappa shape index (κ1) is 13.6. The van der Waals surface area contributed by atoms with Crippen LogP contribution in [-0.4, -0.2) is 34.9 Å². The lowest BCUT2D eigenvalue weighted by Gasteiger charge is -2.34. The van der Waals surface area contributed by atoms with Crippen LogP contribution < -0.4 is 5.32 Å². The molecular formula is C16H23N3O. The van der Waals surface area contributed by atoms with E-state index in [2.05, 4.69) is 21.3 Å². The molecule has 108 valence electrons. The second-order valence-electron chi connectivity index (χ2n) is 6.03. The summed E-state index contributed by atoms with van der Waals surface area (Å²) in [5.74, 6) is 0.571. The van der Waals surface area contributed by atoms with Gasteiger partial charge in [0.05, 0.1) is 5.69 Å². The van der Waals surface area contributed by atoms with E-state index in [1.807, 2.05) is 18.3 Å². The molecule has 1 saturated carbocycles. The summed E-state index contributed by atoms with van der Waals surface area (Å²) in [6.45, 7) is 2.94. The van der Waals surface area contributed by atoms with E-state index in [0.29, 0.717) is 12.0 Å². The van der Waals surface area contributed by atoms with Crippen molar-refractivity contribution < 1.29 is 4.79 Å². The number of nitrogens with zero attached hydrogens (tertiary/aromatic N) is 2. The topological polar surface area (TPSA) is 45.2 Å². The Hall–Kier alpha value is -1.42. The average Bonchev–Trinajstić information content (AvgIpc) is 2.38. The summed E-state index contributed by atoms with van der Waals surface area (Å²) in [7, 11) is 0. The molecule has 2 fully saturated rings. The lowest BCUT2D eigenvalue weighted by Crippen LogP contribution is -2.49. The maximum atomic E-state index is 12.0. The molecule has 4 nitrogen and oxygen atoms in total. The normalized spacial score (nSPS) is 24.1. The summed E-state index contributed by atoms with van der Waals surface area (Å²) in [6, 6.07) is 6.36. The standard InChI is InChI=1S/C16H23N3O/c20-16(13-5-3-6-13)18-15-8-4-10-19(12-15)11-14-7-1-2-9-17-14/h1-2,7,9,13,15H,3-6,8,10-12H2,(H,18,20). The van der Waals surface area contributed by atoms with Gasteiger partial charge in [0.25, 0.3) is 0 Å². The number of likely N-dealkylation sites (tertiary alicyclic amines) is 1. The largest absolute Gasteiger partial charge is 0.352 e. The number of rotatable bonds is 4. The summed E-state index contributed by atoms with van der Waals surface area (Å²) < 4.78 is 0. The number of pyridine rings is 1. The fraction of sp³-hybridized carbons (Fsp3) is 0.625. The Bertz CT molecular complexity index is 444. The Morgan fingerprint density at radius 1 is 1.30 bits per heavy atom. The van der Waals surface area contributed by atoms with Gasteiger partial charge in [-0.05, 0) is 44.4 Å². The molecule has 4 heteroatoms. The van der Waals surface area contributed by atoms with Crippen LogP contribution in [-0.2, 0) is 11.3 Å². The zero-order valence-electron chi connectivity index (χ0n) is 11.9. The number of hydrogen-bond acceptors (Lipinski definition) is 3. The molecule has 1 aromatic heterocycles. The number of carbonyl (C=O) groups excluding carboxylic acids is 1. The smallest absolute Gasteiger partial charge is 0.223 e. The van der Waals surface area contributed by atoms with Crippen LogP contribution in [0.3, 0.4) is 0 Å². The van der Waals surface area contributed by atoms with Gasteiger partial charge in [0.15, 0.2) is 0 Å². The van der Waals surface area contributed by atoms with E-state index < -0.39 is 0 Å². The monoisotopic (exact) mass is 273 g/mol. The van der Waals surface area contributed by atoms with Crippen molar-refractivity contribution in [1.82, 2.24) is 15.2 Å². The van der Waals surface area contributed by atoms with Gasteiger partial charge < -0.3 is 5.32 Å². The quantitative estimate of drug-likeness (QED) is 0.912. The average molecular weight is 273 g/mol. The lowest BCUT2D eigenvalue weighted by molar-refractivity contribution is -0.128. The Kier molecular flexibility index (Phi) is 4.31. The molecule has 1 aromatic rings. The van der Waals surface area contributed by atoms with E-state index in [4.69, 9.17) is 0 Å².